The zero-order valence-corrected chi connectivity index (χ0v) is 32.5. The van der Waals surface area contributed by atoms with E-state index in [1.165, 1.54) is 36.4 Å². The third-order valence-electron chi connectivity index (χ3n) is 6.63. The first kappa shape index (κ1) is 42.6. The number of aromatic hydroxyl groups is 3. The number of hydrogen-bond donors (Lipinski definition) is 3. The zero-order chi connectivity index (χ0) is 37.2. The minimum absolute atomic E-state index is 0. The maximum Gasteiger partial charge on any atom is 1.00 e. The molecule has 0 aliphatic heterocycles. The molecule has 3 N–H and O–H groups in total. The summed E-state index contributed by atoms with van der Waals surface area (Å²) in [4.78, 5) is 18.3. The fraction of sp³-hybridized carbons (Fsp3) is 0. The monoisotopic (exact) mass is 782 g/mol. The molecule has 0 saturated carbocycles. The third-order valence-corrected chi connectivity index (χ3v) is 8.29. The van der Waals surface area contributed by atoms with Crippen molar-refractivity contribution >= 4 is 76.5 Å². The molecule has 0 amide bonds. The molecule has 0 atom stereocenters. The molecule has 0 heterocycles. The molecule has 0 fully saturated rings. The van der Waals surface area contributed by atoms with Gasteiger partial charge in [-0.05, 0) is 41.8 Å². The minimum Gasteiger partial charge on any atom is -0.744 e. The van der Waals surface area contributed by atoms with Crippen LogP contribution in [0.4, 0.5) is 45.5 Å². The Hall–Kier alpha value is -4.82. The number of phenolic OH excluding ortho intramolecular Hbond substituents is 3. The fourth-order valence-electron chi connectivity index (χ4n) is 4.24. The number of nitrogens with zero attached hydrogens (tertiary/aromatic N) is 8. The first-order valence-corrected chi connectivity index (χ1v) is 16.3. The van der Waals surface area contributed by atoms with Gasteiger partial charge in [0.1, 0.15) is 48.8 Å². The van der Waals surface area contributed by atoms with Gasteiger partial charge in [-0.2, -0.15) is 15.3 Å². The fourth-order valence-corrected chi connectivity index (χ4v) is 5.42. The Morgan fingerprint density at radius 3 is 1.64 bits per heavy atom. The van der Waals surface area contributed by atoms with Crippen LogP contribution in [-0.2, 0) is 20.2 Å². The van der Waals surface area contributed by atoms with Gasteiger partial charge < -0.3 is 24.4 Å². The Bertz CT molecular complexity index is 2590. The van der Waals surface area contributed by atoms with Gasteiger partial charge in [0.2, 0.25) is 0 Å². The molecule has 0 radical (unpaired) electrons. The molecule has 5 rings (SSSR count). The molecule has 5 aromatic carbocycles. The maximum absolute atomic E-state index is 12.1. The van der Waals surface area contributed by atoms with Crippen LogP contribution in [0.3, 0.4) is 0 Å². The summed E-state index contributed by atoms with van der Waals surface area (Å²) in [6, 6.07) is 13.3. The van der Waals surface area contributed by atoms with Gasteiger partial charge in [0, 0.05) is 41.8 Å². The molecule has 0 bridgehead atoms. The van der Waals surface area contributed by atoms with Crippen LogP contribution in [0.15, 0.2) is 119 Å². The van der Waals surface area contributed by atoms with Crippen molar-refractivity contribution in [3.63, 3.8) is 0 Å². The molecular formula is C28H16N8Na2O13S2. The SMILES string of the molecule is O=[N+]([O-])c1ccc(N=Nc2cc(N=Nc3ccc4cc(S(=O)(=O)[O-])c(N=Nc5cc([N+](=O)[O-])cc(S(=O)(=O)[O-])c5)c(O)c4c3)c(O)cc2O)cc1.[Na+].[Na+]. The first-order chi connectivity index (χ1) is 23.9. The van der Waals surface area contributed by atoms with Gasteiger partial charge in [-0.15, -0.1) is 15.3 Å². The van der Waals surface area contributed by atoms with E-state index in [1.54, 1.807) is 0 Å². The maximum atomic E-state index is 12.1. The summed E-state index contributed by atoms with van der Waals surface area (Å²) in [5.74, 6) is -1.99. The van der Waals surface area contributed by atoms with Crippen molar-refractivity contribution in [2.24, 2.45) is 30.7 Å². The Kier molecular flexibility index (Phi) is 13.6. The van der Waals surface area contributed by atoms with E-state index in [0.29, 0.717) is 18.2 Å². The number of non-ortho nitro benzene ring substituents is 2. The Labute approximate surface area is 340 Å². The van der Waals surface area contributed by atoms with Crippen LogP contribution < -0.4 is 59.1 Å². The van der Waals surface area contributed by atoms with Crippen LogP contribution in [0.5, 0.6) is 17.2 Å². The van der Waals surface area contributed by atoms with Crippen molar-refractivity contribution < 1.29 is 110 Å². The average Bonchev–Trinajstić information content (AvgIpc) is 3.06. The normalized spacial score (nSPS) is 11.9. The standard InChI is InChI=1S/C28H18N8O13S2.2Na/c37-24-13-25(38)23(12-22(24)32-29-15-3-5-18(6-4-15)35(40)41)33-30-16-2-1-14-7-26(51(47,48)49)27(28(39)21(14)10-16)34-31-17-8-19(36(42)43)11-20(9-17)50(44,45)46;;/h1-13,37-39H,(H,44,45,46)(H,47,48,49);;/q;2*+1/p-2. The van der Waals surface area contributed by atoms with Crippen molar-refractivity contribution in [2.45, 2.75) is 9.79 Å². The van der Waals surface area contributed by atoms with E-state index >= 15 is 0 Å². The molecule has 5 aromatic rings. The molecule has 0 spiro atoms. The van der Waals surface area contributed by atoms with Crippen molar-refractivity contribution in [3.8, 4) is 17.2 Å². The van der Waals surface area contributed by atoms with Crippen molar-refractivity contribution in [1.82, 2.24) is 0 Å². The van der Waals surface area contributed by atoms with E-state index in [4.69, 9.17) is 0 Å². The molecule has 0 aliphatic rings. The number of azo groups is 3. The Morgan fingerprint density at radius 2 is 1.09 bits per heavy atom. The van der Waals surface area contributed by atoms with Gasteiger partial charge in [-0.25, -0.2) is 16.8 Å². The number of nitro groups is 2. The smallest absolute Gasteiger partial charge is 0.744 e. The van der Waals surface area contributed by atoms with Crippen LogP contribution in [0.25, 0.3) is 10.8 Å². The second-order valence-electron chi connectivity index (χ2n) is 10.0. The Morgan fingerprint density at radius 1 is 0.547 bits per heavy atom. The van der Waals surface area contributed by atoms with Crippen molar-refractivity contribution in [3.05, 3.63) is 99.1 Å². The van der Waals surface area contributed by atoms with Gasteiger partial charge in [0.05, 0.1) is 36.7 Å². The van der Waals surface area contributed by atoms with E-state index < -0.39 is 74.2 Å². The van der Waals surface area contributed by atoms with E-state index in [-0.39, 0.29) is 98.3 Å². The van der Waals surface area contributed by atoms with E-state index in [0.717, 1.165) is 24.3 Å². The molecule has 260 valence electrons. The van der Waals surface area contributed by atoms with Crippen LogP contribution in [0, 0.1) is 20.2 Å². The van der Waals surface area contributed by atoms with Crippen LogP contribution in [-0.4, -0.2) is 51.1 Å². The quantitative estimate of drug-likeness (QED) is 0.0582. The molecule has 21 nitrogen and oxygen atoms in total. The third kappa shape index (κ3) is 10.2. The average molecular weight is 783 g/mol. The number of phenols is 3. The first-order valence-electron chi connectivity index (χ1n) is 13.5. The molecular weight excluding hydrogens is 766 g/mol. The zero-order valence-electron chi connectivity index (χ0n) is 26.8. The number of rotatable bonds is 10. The van der Waals surface area contributed by atoms with Crippen LogP contribution >= 0.6 is 0 Å². The number of benzene rings is 5. The summed E-state index contributed by atoms with van der Waals surface area (Å²) in [6.07, 6.45) is 0. The van der Waals surface area contributed by atoms with Crippen LogP contribution in [0.2, 0.25) is 0 Å². The van der Waals surface area contributed by atoms with Gasteiger partial charge in [0.15, 0.2) is 5.75 Å². The molecule has 0 aliphatic carbocycles. The van der Waals surface area contributed by atoms with Crippen molar-refractivity contribution in [2.75, 3.05) is 0 Å². The molecule has 0 saturated heterocycles. The van der Waals surface area contributed by atoms with Gasteiger partial charge >= 0.3 is 59.1 Å². The Balaban J connectivity index is 0.00000378. The van der Waals surface area contributed by atoms with Crippen LogP contribution in [0.1, 0.15) is 0 Å². The predicted octanol–water partition coefficient (Wildman–Crippen LogP) is 0.835. The minimum atomic E-state index is -5.35. The summed E-state index contributed by atoms with van der Waals surface area (Å²) in [5.41, 5.74) is -2.85. The van der Waals surface area contributed by atoms with E-state index in [9.17, 15) is 61.5 Å². The summed E-state index contributed by atoms with van der Waals surface area (Å²) < 4.78 is 70.6. The predicted molar refractivity (Wildman–Crippen MR) is 170 cm³/mol. The second kappa shape index (κ2) is 16.9. The number of hydrogen-bond acceptors (Lipinski definition) is 19. The molecule has 0 aromatic heterocycles. The second-order valence-corrected chi connectivity index (χ2v) is 12.8. The molecule has 25 heteroatoms. The van der Waals surface area contributed by atoms with Gasteiger partial charge in [-0.3, -0.25) is 20.2 Å². The van der Waals surface area contributed by atoms with E-state index in [1.807, 2.05) is 0 Å². The summed E-state index contributed by atoms with van der Waals surface area (Å²) in [7, 11) is -10.6. The van der Waals surface area contributed by atoms with E-state index in [2.05, 4.69) is 30.7 Å². The number of fused-ring (bicyclic) bond motifs is 1. The number of nitro benzene ring substituents is 2. The van der Waals surface area contributed by atoms with Gasteiger partial charge in [-0.1, -0.05) is 6.07 Å². The summed E-state index contributed by atoms with van der Waals surface area (Å²) in [6.45, 7) is 0. The largest absolute Gasteiger partial charge is 1.00 e. The summed E-state index contributed by atoms with van der Waals surface area (Å²) in [5, 5.41) is 76.0. The van der Waals surface area contributed by atoms with Crippen molar-refractivity contribution in [1.29, 1.82) is 0 Å². The molecule has 53 heavy (non-hydrogen) atoms. The van der Waals surface area contributed by atoms with Gasteiger partial charge in [0.25, 0.3) is 11.4 Å². The summed E-state index contributed by atoms with van der Waals surface area (Å²) >= 11 is 0. The molecule has 0 unspecified atom stereocenters. The topological polar surface area (TPSA) is 336 Å².